The lowest BCUT2D eigenvalue weighted by molar-refractivity contribution is 0.288. The highest BCUT2D eigenvalue weighted by molar-refractivity contribution is 6.58. The molecule has 5 nitrogen and oxygen atoms in total. The lowest BCUT2D eigenvalue weighted by atomic mass is 9.79. The van der Waals surface area contributed by atoms with Crippen molar-refractivity contribution in [3.8, 4) is 17.2 Å². The standard InChI is InChI=1S/C15H15BF2O5/c1-21-10-5-9(6-11(7-10)22-2)8-23-13-4-3-12(17)14(15(13)18)16(19)20/h3-7,19-20H,8H2,1-2H3. The molecule has 0 saturated carbocycles. The van der Waals surface area contributed by atoms with Gasteiger partial charge >= 0.3 is 7.12 Å². The lowest BCUT2D eigenvalue weighted by Crippen LogP contribution is -2.36. The number of rotatable bonds is 6. The van der Waals surface area contributed by atoms with Gasteiger partial charge in [-0.25, -0.2) is 8.78 Å². The molecule has 2 rings (SSSR count). The summed E-state index contributed by atoms with van der Waals surface area (Å²) in [4.78, 5) is 0. The van der Waals surface area contributed by atoms with Crippen LogP contribution in [0.15, 0.2) is 30.3 Å². The van der Waals surface area contributed by atoms with E-state index in [4.69, 9.17) is 24.3 Å². The summed E-state index contributed by atoms with van der Waals surface area (Å²) < 4.78 is 43.0. The second kappa shape index (κ2) is 7.30. The Kier molecular flexibility index (Phi) is 5.41. The zero-order chi connectivity index (χ0) is 17.0. The molecular weight excluding hydrogens is 309 g/mol. The third-order valence-electron chi connectivity index (χ3n) is 3.15. The zero-order valence-corrected chi connectivity index (χ0v) is 12.5. The van der Waals surface area contributed by atoms with Crippen molar-refractivity contribution in [2.75, 3.05) is 14.2 Å². The Morgan fingerprint density at radius 1 is 1.00 bits per heavy atom. The third kappa shape index (κ3) is 3.91. The highest BCUT2D eigenvalue weighted by Gasteiger charge is 2.24. The Bertz CT molecular complexity index is 672. The molecule has 0 atom stereocenters. The van der Waals surface area contributed by atoms with Gasteiger partial charge in [-0.05, 0) is 29.8 Å². The van der Waals surface area contributed by atoms with Crippen molar-refractivity contribution in [1.82, 2.24) is 0 Å². The molecule has 0 fully saturated rings. The number of ether oxygens (including phenoxy) is 3. The van der Waals surface area contributed by atoms with E-state index in [9.17, 15) is 8.78 Å². The molecular formula is C15H15BF2O5. The minimum atomic E-state index is -2.27. The van der Waals surface area contributed by atoms with Crippen molar-refractivity contribution in [1.29, 1.82) is 0 Å². The predicted octanol–water partition coefficient (Wildman–Crippen LogP) is 1.24. The van der Waals surface area contributed by atoms with E-state index in [-0.39, 0.29) is 12.4 Å². The highest BCUT2D eigenvalue weighted by Crippen LogP contribution is 2.24. The van der Waals surface area contributed by atoms with Crippen LogP contribution < -0.4 is 19.7 Å². The second-order valence-corrected chi connectivity index (χ2v) is 4.66. The van der Waals surface area contributed by atoms with Crippen LogP contribution in [0.3, 0.4) is 0 Å². The van der Waals surface area contributed by atoms with E-state index in [1.165, 1.54) is 14.2 Å². The van der Waals surface area contributed by atoms with Crippen LogP contribution in [0.4, 0.5) is 8.78 Å². The number of hydrogen-bond donors (Lipinski definition) is 2. The average Bonchev–Trinajstić information content (AvgIpc) is 2.53. The average molecular weight is 324 g/mol. The first kappa shape index (κ1) is 17.0. The van der Waals surface area contributed by atoms with Gasteiger partial charge in [-0.3, -0.25) is 0 Å². The van der Waals surface area contributed by atoms with Gasteiger partial charge in [-0.1, -0.05) is 0 Å². The van der Waals surface area contributed by atoms with Crippen molar-refractivity contribution in [2.24, 2.45) is 0 Å². The molecule has 23 heavy (non-hydrogen) atoms. The maximum absolute atomic E-state index is 14.0. The third-order valence-corrected chi connectivity index (χ3v) is 3.15. The quantitative estimate of drug-likeness (QED) is 0.783. The fourth-order valence-electron chi connectivity index (χ4n) is 2.01. The lowest BCUT2D eigenvalue weighted by Gasteiger charge is -2.12. The summed E-state index contributed by atoms with van der Waals surface area (Å²) in [5, 5.41) is 18.0. The zero-order valence-electron chi connectivity index (χ0n) is 12.5. The van der Waals surface area contributed by atoms with Gasteiger partial charge in [-0.15, -0.1) is 0 Å². The molecule has 8 heteroatoms. The number of halogens is 2. The maximum Gasteiger partial charge on any atom is 0.494 e. The summed E-state index contributed by atoms with van der Waals surface area (Å²) in [5.74, 6) is -1.44. The second-order valence-electron chi connectivity index (χ2n) is 4.66. The molecule has 2 N–H and O–H groups in total. The van der Waals surface area contributed by atoms with Crippen molar-refractivity contribution in [3.05, 3.63) is 47.5 Å². The van der Waals surface area contributed by atoms with E-state index in [2.05, 4.69) is 0 Å². The van der Waals surface area contributed by atoms with Crippen LogP contribution >= 0.6 is 0 Å². The summed E-state index contributed by atoms with van der Waals surface area (Å²) >= 11 is 0. The van der Waals surface area contributed by atoms with Crippen molar-refractivity contribution in [3.63, 3.8) is 0 Å². The Balaban J connectivity index is 2.23. The van der Waals surface area contributed by atoms with E-state index < -0.39 is 24.2 Å². The minimum Gasteiger partial charge on any atom is -0.497 e. The normalized spacial score (nSPS) is 10.3. The summed E-state index contributed by atoms with van der Waals surface area (Å²) in [5.41, 5.74) is -0.221. The molecule has 0 unspecified atom stereocenters. The Hall–Kier alpha value is -2.32. The molecule has 0 heterocycles. The van der Waals surface area contributed by atoms with Gasteiger partial charge in [0.2, 0.25) is 0 Å². The molecule has 0 aliphatic heterocycles. The van der Waals surface area contributed by atoms with Gasteiger partial charge in [0.15, 0.2) is 11.6 Å². The van der Waals surface area contributed by atoms with E-state index in [1.807, 2.05) is 0 Å². The van der Waals surface area contributed by atoms with Crippen LogP contribution in [0.2, 0.25) is 0 Å². The van der Waals surface area contributed by atoms with Crippen molar-refractivity contribution >= 4 is 12.6 Å². The fourth-order valence-corrected chi connectivity index (χ4v) is 2.01. The largest absolute Gasteiger partial charge is 0.497 e. The predicted molar refractivity (Wildman–Crippen MR) is 80.1 cm³/mol. The fraction of sp³-hybridized carbons (Fsp3) is 0.200. The molecule has 0 saturated heterocycles. The van der Waals surface area contributed by atoms with E-state index in [0.29, 0.717) is 17.1 Å². The van der Waals surface area contributed by atoms with Crippen LogP contribution in [0.25, 0.3) is 0 Å². The van der Waals surface area contributed by atoms with Crippen molar-refractivity contribution < 1.29 is 33.0 Å². The van der Waals surface area contributed by atoms with Crippen LogP contribution in [-0.4, -0.2) is 31.4 Å². The molecule has 122 valence electrons. The SMILES string of the molecule is COc1cc(COc2ccc(F)c(B(O)O)c2F)cc(OC)c1. The smallest absolute Gasteiger partial charge is 0.494 e. The molecule has 0 spiro atoms. The first-order valence-electron chi connectivity index (χ1n) is 6.65. The van der Waals surface area contributed by atoms with Crippen LogP contribution in [-0.2, 0) is 6.61 Å². The Morgan fingerprint density at radius 3 is 2.13 bits per heavy atom. The monoisotopic (exact) mass is 324 g/mol. The summed E-state index contributed by atoms with van der Waals surface area (Å²) in [7, 11) is 0.720. The molecule has 2 aromatic rings. The topological polar surface area (TPSA) is 68.2 Å². The molecule has 2 aromatic carbocycles. The molecule has 0 aliphatic rings. The number of benzene rings is 2. The molecule has 0 amide bonds. The van der Waals surface area contributed by atoms with Gasteiger partial charge in [-0.2, -0.15) is 0 Å². The summed E-state index contributed by atoms with van der Waals surface area (Å²) in [6.45, 7) is -0.0446. The van der Waals surface area contributed by atoms with Crippen LogP contribution in [0.5, 0.6) is 17.2 Å². The minimum absolute atomic E-state index is 0.0446. The van der Waals surface area contributed by atoms with Crippen LogP contribution in [0.1, 0.15) is 5.56 Å². The number of methoxy groups -OCH3 is 2. The van der Waals surface area contributed by atoms with Gasteiger partial charge in [0.1, 0.15) is 23.9 Å². The van der Waals surface area contributed by atoms with E-state index in [1.54, 1.807) is 18.2 Å². The first-order valence-corrected chi connectivity index (χ1v) is 6.65. The number of hydrogen-bond acceptors (Lipinski definition) is 5. The van der Waals surface area contributed by atoms with Gasteiger partial charge < -0.3 is 24.3 Å². The van der Waals surface area contributed by atoms with Gasteiger partial charge in [0, 0.05) is 6.07 Å². The Morgan fingerprint density at radius 2 is 1.61 bits per heavy atom. The summed E-state index contributed by atoms with van der Waals surface area (Å²) in [6.07, 6.45) is 0. The van der Waals surface area contributed by atoms with Crippen LogP contribution in [0, 0.1) is 11.6 Å². The molecule has 0 radical (unpaired) electrons. The molecule has 0 aromatic heterocycles. The van der Waals surface area contributed by atoms with E-state index in [0.717, 1.165) is 12.1 Å². The molecule has 0 aliphatic carbocycles. The first-order chi connectivity index (χ1) is 11.0. The molecule has 0 bridgehead atoms. The van der Waals surface area contributed by atoms with Crippen molar-refractivity contribution in [2.45, 2.75) is 6.61 Å². The van der Waals surface area contributed by atoms with E-state index >= 15 is 0 Å². The Labute approximate surface area is 132 Å². The highest BCUT2D eigenvalue weighted by atomic mass is 19.1. The maximum atomic E-state index is 14.0. The van der Waals surface area contributed by atoms with Gasteiger partial charge in [0.05, 0.1) is 19.7 Å². The summed E-state index contributed by atoms with van der Waals surface area (Å²) in [6, 6.07) is 6.99. The van der Waals surface area contributed by atoms with Gasteiger partial charge in [0.25, 0.3) is 0 Å².